The number of rotatable bonds is 4. The van der Waals surface area contributed by atoms with Crippen LogP contribution in [0.1, 0.15) is 22.3 Å². The summed E-state index contributed by atoms with van der Waals surface area (Å²) < 4.78 is 0. The molecule has 0 saturated carbocycles. The van der Waals surface area contributed by atoms with Gasteiger partial charge in [-0.1, -0.05) is 35.8 Å². The summed E-state index contributed by atoms with van der Waals surface area (Å²) in [6.45, 7) is 0. The van der Waals surface area contributed by atoms with Crippen LogP contribution >= 0.6 is 0 Å². The molecule has 178 valence electrons. The van der Waals surface area contributed by atoms with Gasteiger partial charge in [-0.15, -0.1) is 11.5 Å². The van der Waals surface area contributed by atoms with Crippen LogP contribution in [0.5, 0.6) is 11.5 Å². The number of nitrogens with zero attached hydrogens (tertiary/aromatic N) is 3. The van der Waals surface area contributed by atoms with Gasteiger partial charge in [0.25, 0.3) is 0 Å². The molecule has 0 aliphatic heterocycles. The Hall–Kier alpha value is -5.83. The van der Waals surface area contributed by atoms with E-state index in [4.69, 9.17) is 0 Å². The van der Waals surface area contributed by atoms with E-state index in [-0.39, 0.29) is 11.5 Å². The average molecular weight is 490 g/mol. The number of allylic oxidation sites excluding steroid dienone is 6. The highest BCUT2D eigenvalue weighted by molar-refractivity contribution is 5.89. The maximum atomic E-state index is 10.3. The highest BCUT2D eigenvalue weighted by Crippen LogP contribution is 2.26. The number of aromatic nitrogens is 1. The van der Waals surface area contributed by atoms with Crippen molar-refractivity contribution in [3.63, 3.8) is 0 Å². The van der Waals surface area contributed by atoms with Gasteiger partial charge in [0.2, 0.25) is 0 Å². The Morgan fingerprint density at radius 2 is 1.29 bits per heavy atom. The molecule has 5 nitrogen and oxygen atoms in total. The van der Waals surface area contributed by atoms with Crippen molar-refractivity contribution in [2.45, 2.75) is 0 Å². The van der Waals surface area contributed by atoms with Crippen LogP contribution in [0.2, 0.25) is 0 Å². The lowest BCUT2D eigenvalue weighted by atomic mass is 10.1. The number of aliphatic imine (C=N–C) groups is 2. The quantitative estimate of drug-likeness (QED) is 0.268. The molecule has 0 spiro atoms. The van der Waals surface area contributed by atoms with E-state index in [2.05, 4.69) is 50.1 Å². The summed E-state index contributed by atoms with van der Waals surface area (Å²) in [5, 5.41) is 20.6. The first-order valence-corrected chi connectivity index (χ1v) is 11.6. The Bertz CT molecular complexity index is 1680. The third-order valence-electron chi connectivity index (χ3n) is 5.37. The van der Waals surface area contributed by atoms with Crippen LogP contribution < -0.4 is 0 Å². The maximum absolute atomic E-state index is 10.3. The molecule has 3 aromatic rings. The molecule has 38 heavy (non-hydrogen) atoms. The van der Waals surface area contributed by atoms with Crippen molar-refractivity contribution in [3.8, 4) is 35.2 Å². The molecule has 2 aromatic carbocycles. The Labute approximate surface area is 220 Å². The average Bonchev–Trinajstić information content (AvgIpc) is 3.66. The first-order chi connectivity index (χ1) is 18.6. The normalized spacial score (nSPS) is 12.9. The number of pyridine rings is 1. The van der Waals surface area contributed by atoms with E-state index in [1.54, 1.807) is 60.9 Å². The number of benzene rings is 2. The van der Waals surface area contributed by atoms with Gasteiger partial charge in [-0.05, 0) is 72.8 Å². The van der Waals surface area contributed by atoms with E-state index in [0.29, 0.717) is 22.6 Å². The second-order valence-electron chi connectivity index (χ2n) is 8.08. The summed E-state index contributed by atoms with van der Waals surface area (Å²) in [4.78, 5) is 13.3. The minimum absolute atomic E-state index is 0.0716. The molecule has 0 radical (unpaired) electrons. The minimum atomic E-state index is 0.0716. The van der Waals surface area contributed by atoms with Crippen molar-refractivity contribution < 1.29 is 10.2 Å². The van der Waals surface area contributed by atoms with Crippen molar-refractivity contribution in [2.75, 3.05) is 0 Å². The molecule has 5 heteroatoms. The molecule has 0 atom stereocenters. The predicted octanol–water partition coefficient (Wildman–Crippen LogP) is 6.00. The summed E-state index contributed by atoms with van der Waals surface area (Å²) in [6.07, 6.45) is 15.8. The van der Waals surface area contributed by atoms with Gasteiger partial charge in [-0.3, -0.25) is 4.99 Å². The van der Waals surface area contributed by atoms with Gasteiger partial charge < -0.3 is 10.2 Å². The molecule has 2 aliphatic rings. The van der Waals surface area contributed by atoms with Crippen molar-refractivity contribution in [1.82, 2.24) is 4.98 Å². The van der Waals surface area contributed by atoms with Gasteiger partial charge in [0.1, 0.15) is 17.2 Å². The standard InChI is InChI=1S/C33H19N3O2/c37-31-17-15-26(13-11-24-6-1-2-7-24)20-28(31)22-35-30-10-5-19-34-33(30)36-23-29-21-27(16-18-32(29)38)14-12-25-8-3-4-9-25/h1-6,8,10,15-23,37-38H/b35-22?,36-23+. The molecule has 1 aromatic heterocycles. The summed E-state index contributed by atoms with van der Waals surface area (Å²) in [6, 6.07) is 13.7. The molecule has 0 fully saturated rings. The zero-order valence-electron chi connectivity index (χ0n) is 20.1. The molecule has 2 aliphatic carbocycles. The largest absolute Gasteiger partial charge is 0.507 e. The lowest BCUT2D eigenvalue weighted by molar-refractivity contribution is 0.474. The van der Waals surface area contributed by atoms with Crippen molar-refractivity contribution in [2.24, 2.45) is 9.98 Å². The highest BCUT2D eigenvalue weighted by atomic mass is 16.3. The zero-order chi connectivity index (χ0) is 26.2. The fraction of sp³-hybridized carbons (Fsp3) is 0. The molecule has 1 heterocycles. The van der Waals surface area contributed by atoms with E-state index in [9.17, 15) is 10.2 Å². The van der Waals surface area contributed by atoms with Crippen molar-refractivity contribution in [3.05, 3.63) is 136 Å². The lowest BCUT2D eigenvalue weighted by Crippen LogP contribution is -1.87. The topological polar surface area (TPSA) is 78.1 Å². The van der Waals surface area contributed by atoms with Crippen LogP contribution in [0, 0.1) is 23.7 Å². The van der Waals surface area contributed by atoms with Gasteiger partial charge in [0.15, 0.2) is 5.82 Å². The number of aromatic hydroxyl groups is 2. The second kappa shape index (κ2) is 11.3. The van der Waals surface area contributed by atoms with Crippen LogP contribution in [0.15, 0.2) is 124 Å². The van der Waals surface area contributed by atoms with Crippen molar-refractivity contribution in [1.29, 1.82) is 0 Å². The second-order valence-corrected chi connectivity index (χ2v) is 8.08. The van der Waals surface area contributed by atoms with Crippen LogP contribution in [0.25, 0.3) is 0 Å². The highest BCUT2D eigenvalue weighted by Gasteiger charge is 2.04. The van der Waals surface area contributed by atoms with Gasteiger partial charge in [-0.25, -0.2) is 9.98 Å². The molecule has 0 bridgehead atoms. The summed E-state index contributed by atoms with van der Waals surface area (Å²) >= 11 is 0. The van der Waals surface area contributed by atoms with Crippen LogP contribution in [0.3, 0.4) is 0 Å². The Kier molecular flexibility index (Phi) is 7.09. The van der Waals surface area contributed by atoms with Crippen LogP contribution in [-0.4, -0.2) is 27.6 Å². The van der Waals surface area contributed by atoms with Gasteiger partial charge in [-0.2, -0.15) is 0 Å². The van der Waals surface area contributed by atoms with Gasteiger partial charge in [0, 0.05) is 40.9 Å². The maximum Gasteiger partial charge on any atom is 0.178 e. The van der Waals surface area contributed by atoms with E-state index < -0.39 is 0 Å². The fourth-order valence-electron chi connectivity index (χ4n) is 3.43. The molecule has 0 amide bonds. The summed E-state index contributed by atoms with van der Waals surface area (Å²) in [5.41, 5.74) is 10.6. The molecular weight excluding hydrogens is 470 g/mol. The third kappa shape index (κ3) is 6.04. The Balaban J connectivity index is 1.38. The van der Waals surface area contributed by atoms with E-state index in [1.807, 2.05) is 36.5 Å². The predicted molar refractivity (Wildman–Crippen MR) is 150 cm³/mol. The molecular formula is C33H19N3O2. The van der Waals surface area contributed by atoms with E-state index >= 15 is 0 Å². The van der Waals surface area contributed by atoms with Crippen LogP contribution in [-0.2, 0) is 0 Å². The van der Waals surface area contributed by atoms with Gasteiger partial charge in [0.05, 0.1) is 11.1 Å². The lowest BCUT2D eigenvalue weighted by Gasteiger charge is -2.02. The Morgan fingerprint density at radius 3 is 1.84 bits per heavy atom. The number of hydrogen-bond donors (Lipinski definition) is 2. The molecule has 5 rings (SSSR count). The summed E-state index contributed by atoms with van der Waals surface area (Å²) in [7, 11) is 0. The number of hydrogen-bond acceptors (Lipinski definition) is 5. The number of phenols is 2. The van der Waals surface area contributed by atoms with E-state index in [0.717, 1.165) is 22.3 Å². The van der Waals surface area contributed by atoms with Crippen molar-refractivity contribution >= 4 is 23.9 Å². The number of phenolic OH excluding ortho intramolecular Hbond substituents is 2. The SMILES string of the molecule is Oc1ccc(C#CC2=C=CC=C2)cc1C=Nc1cccnc1/N=C/c1cc(C#CC2=C=CC=C2)ccc1O. The monoisotopic (exact) mass is 489 g/mol. The summed E-state index contributed by atoms with van der Waals surface area (Å²) in [5.74, 6) is 12.7. The Morgan fingerprint density at radius 1 is 0.711 bits per heavy atom. The third-order valence-corrected chi connectivity index (χ3v) is 5.37. The molecule has 0 unspecified atom stereocenters. The first kappa shape index (κ1) is 23.9. The molecule has 2 N–H and O–H groups in total. The van der Waals surface area contributed by atoms with Gasteiger partial charge >= 0.3 is 0 Å². The first-order valence-electron chi connectivity index (χ1n) is 11.6. The minimum Gasteiger partial charge on any atom is -0.507 e. The van der Waals surface area contributed by atoms with E-state index in [1.165, 1.54) is 6.21 Å². The smallest absolute Gasteiger partial charge is 0.178 e. The fourth-order valence-corrected chi connectivity index (χ4v) is 3.43. The van der Waals surface area contributed by atoms with Crippen LogP contribution in [0.4, 0.5) is 11.5 Å². The zero-order valence-corrected chi connectivity index (χ0v) is 20.1. The molecule has 0 saturated heterocycles.